The summed E-state index contributed by atoms with van der Waals surface area (Å²) in [5.74, 6) is 1.47. The SMILES string of the molecule is CC(C)Cn1c(NCCCO)nc2ccccc21. The van der Waals surface area contributed by atoms with Gasteiger partial charge in [0.05, 0.1) is 11.0 Å². The summed E-state index contributed by atoms with van der Waals surface area (Å²) in [7, 11) is 0. The number of hydrogen-bond acceptors (Lipinski definition) is 3. The average Bonchev–Trinajstić information content (AvgIpc) is 2.68. The first kappa shape index (κ1) is 12.9. The van der Waals surface area contributed by atoms with Gasteiger partial charge in [-0.05, 0) is 24.5 Å². The van der Waals surface area contributed by atoms with E-state index >= 15 is 0 Å². The van der Waals surface area contributed by atoms with Gasteiger partial charge in [-0.3, -0.25) is 0 Å². The zero-order valence-corrected chi connectivity index (χ0v) is 11.1. The van der Waals surface area contributed by atoms with Gasteiger partial charge >= 0.3 is 0 Å². The summed E-state index contributed by atoms with van der Waals surface area (Å²) >= 11 is 0. The van der Waals surface area contributed by atoms with Crippen molar-refractivity contribution in [1.29, 1.82) is 0 Å². The van der Waals surface area contributed by atoms with Crippen LogP contribution in [0.5, 0.6) is 0 Å². The lowest BCUT2D eigenvalue weighted by Crippen LogP contribution is -2.12. The van der Waals surface area contributed by atoms with Gasteiger partial charge in [-0.1, -0.05) is 26.0 Å². The van der Waals surface area contributed by atoms with E-state index in [9.17, 15) is 0 Å². The molecule has 0 saturated heterocycles. The number of benzene rings is 1. The highest BCUT2D eigenvalue weighted by atomic mass is 16.3. The minimum Gasteiger partial charge on any atom is -0.396 e. The molecule has 2 aromatic rings. The van der Waals surface area contributed by atoms with Crippen molar-refractivity contribution in [1.82, 2.24) is 9.55 Å². The Morgan fingerprint density at radius 3 is 2.83 bits per heavy atom. The van der Waals surface area contributed by atoms with E-state index < -0.39 is 0 Å². The van der Waals surface area contributed by atoms with Crippen LogP contribution in [0, 0.1) is 5.92 Å². The van der Waals surface area contributed by atoms with Gasteiger partial charge in [0, 0.05) is 19.7 Å². The Morgan fingerprint density at radius 1 is 1.33 bits per heavy atom. The second kappa shape index (κ2) is 5.87. The van der Waals surface area contributed by atoms with Crippen LogP contribution >= 0.6 is 0 Å². The summed E-state index contributed by atoms with van der Waals surface area (Å²) < 4.78 is 2.22. The lowest BCUT2D eigenvalue weighted by molar-refractivity contribution is 0.292. The minimum atomic E-state index is 0.206. The maximum atomic E-state index is 8.83. The van der Waals surface area contributed by atoms with Gasteiger partial charge in [0.25, 0.3) is 0 Å². The number of nitrogens with one attached hydrogen (secondary N) is 1. The number of aliphatic hydroxyl groups excluding tert-OH is 1. The summed E-state index contributed by atoms with van der Waals surface area (Å²) in [6.45, 7) is 6.30. The zero-order chi connectivity index (χ0) is 13.0. The number of para-hydroxylation sites is 2. The van der Waals surface area contributed by atoms with Gasteiger partial charge in [-0.15, -0.1) is 0 Å². The van der Waals surface area contributed by atoms with Gasteiger partial charge in [-0.2, -0.15) is 0 Å². The van der Waals surface area contributed by atoms with Gasteiger partial charge in [-0.25, -0.2) is 4.98 Å². The predicted molar refractivity (Wildman–Crippen MR) is 74.8 cm³/mol. The van der Waals surface area contributed by atoms with Crippen molar-refractivity contribution in [3.8, 4) is 0 Å². The number of hydrogen-bond donors (Lipinski definition) is 2. The van der Waals surface area contributed by atoms with Gasteiger partial charge < -0.3 is 15.0 Å². The molecule has 0 aliphatic carbocycles. The lowest BCUT2D eigenvalue weighted by Gasteiger charge is -2.12. The number of rotatable bonds is 6. The summed E-state index contributed by atoms with van der Waals surface area (Å²) in [6.07, 6.45) is 0.741. The van der Waals surface area contributed by atoms with Crippen molar-refractivity contribution in [2.24, 2.45) is 5.92 Å². The molecule has 98 valence electrons. The van der Waals surface area contributed by atoms with E-state index in [1.165, 1.54) is 0 Å². The van der Waals surface area contributed by atoms with E-state index in [2.05, 4.69) is 34.8 Å². The first-order chi connectivity index (χ1) is 8.72. The molecule has 0 bridgehead atoms. The molecule has 2 N–H and O–H groups in total. The Kier molecular flexibility index (Phi) is 4.20. The summed E-state index contributed by atoms with van der Waals surface area (Å²) in [5.41, 5.74) is 2.18. The fraction of sp³-hybridized carbons (Fsp3) is 0.500. The van der Waals surface area contributed by atoms with Crippen LogP contribution in [0.2, 0.25) is 0 Å². The third kappa shape index (κ3) is 2.82. The van der Waals surface area contributed by atoms with Crippen LogP contribution in [0.3, 0.4) is 0 Å². The molecule has 0 atom stereocenters. The highest BCUT2D eigenvalue weighted by molar-refractivity contribution is 5.78. The van der Waals surface area contributed by atoms with Crippen molar-refractivity contribution in [3.63, 3.8) is 0 Å². The molecule has 0 fully saturated rings. The third-order valence-electron chi connectivity index (χ3n) is 2.82. The first-order valence-electron chi connectivity index (χ1n) is 6.52. The van der Waals surface area contributed by atoms with Crippen LogP contribution in [-0.4, -0.2) is 27.8 Å². The van der Waals surface area contributed by atoms with Crippen LogP contribution < -0.4 is 5.32 Å². The molecule has 1 aromatic heterocycles. The number of anilines is 1. The molecule has 4 heteroatoms. The molecule has 2 rings (SSSR count). The lowest BCUT2D eigenvalue weighted by atomic mass is 10.2. The first-order valence-corrected chi connectivity index (χ1v) is 6.52. The second-order valence-corrected chi connectivity index (χ2v) is 4.93. The average molecular weight is 247 g/mol. The van der Waals surface area contributed by atoms with Crippen molar-refractivity contribution < 1.29 is 5.11 Å². The molecule has 0 radical (unpaired) electrons. The normalized spacial score (nSPS) is 11.3. The molecule has 0 spiro atoms. The fourth-order valence-corrected chi connectivity index (χ4v) is 2.04. The maximum Gasteiger partial charge on any atom is 0.203 e. The van der Waals surface area contributed by atoms with Crippen LogP contribution in [0.4, 0.5) is 5.95 Å². The molecule has 0 aliphatic rings. The summed E-state index contributed by atoms with van der Waals surface area (Å²) in [5, 5.41) is 12.1. The topological polar surface area (TPSA) is 50.1 Å². The smallest absolute Gasteiger partial charge is 0.203 e. The Balaban J connectivity index is 2.30. The standard InChI is InChI=1S/C14H21N3O/c1-11(2)10-17-13-7-4-3-6-12(13)16-14(17)15-8-5-9-18/h3-4,6-7,11,18H,5,8-10H2,1-2H3,(H,15,16). The van der Waals surface area contributed by atoms with Crippen molar-refractivity contribution in [3.05, 3.63) is 24.3 Å². The Labute approximate surface area is 108 Å². The molecular weight excluding hydrogens is 226 g/mol. The van der Waals surface area contributed by atoms with Crippen LogP contribution in [-0.2, 0) is 6.54 Å². The molecule has 0 aliphatic heterocycles. The number of aliphatic hydroxyl groups is 1. The fourth-order valence-electron chi connectivity index (χ4n) is 2.04. The van der Waals surface area contributed by atoms with Crippen molar-refractivity contribution in [2.75, 3.05) is 18.5 Å². The van der Waals surface area contributed by atoms with Gasteiger partial charge in [0.2, 0.25) is 5.95 Å². The molecule has 1 aromatic carbocycles. The zero-order valence-electron chi connectivity index (χ0n) is 11.1. The van der Waals surface area contributed by atoms with E-state index in [1.807, 2.05) is 18.2 Å². The summed E-state index contributed by atoms with van der Waals surface area (Å²) in [4.78, 5) is 4.61. The van der Waals surface area contributed by atoms with Crippen LogP contribution in [0.15, 0.2) is 24.3 Å². The largest absolute Gasteiger partial charge is 0.396 e. The number of imidazole rings is 1. The van der Waals surface area contributed by atoms with E-state index in [0.29, 0.717) is 5.92 Å². The molecule has 0 saturated carbocycles. The van der Waals surface area contributed by atoms with Crippen LogP contribution in [0.1, 0.15) is 20.3 Å². The molecule has 4 nitrogen and oxygen atoms in total. The molecule has 18 heavy (non-hydrogen) atoms. The molecular formula is C14H21N3O. The van der Waals surface area contributed by atoms with Crippen molar-refractivity contribution in [2.45, 2.75) is 26.8 Å². The maximum absolute atomic E-state index is 8.83. The highest BCUT2D eigenvalue weighted by Gasteiger charge is 2.10. The Morgan fingerprint density at radius 2 is 2.11 bits per heavy atom. The van der Waals surface area contributed by atoms with E-state index in [-0.39, 0.29) is 6.61 Å². The number of nitrogens with zero attached hydrogens (tertiary/aromatic N) is 2. The van der Waals surface area contributed by atoms with E-state index in [0.717, 1.165) is 36.5 Å². The monoisotopic (exact) mass is 247 g/mol. The highest BCUT2D eigenvalue weighted by Crippen LogP contribution is 2.20. The van der Waals surface area contributed by atoms with Gasteiger partial charge in [0.1, 0.15) is 0 Å². The van der Waals surface area contributed by atoms with E-state index in [4.69, 9.17) is 5.11 Å². The predicted octanol–water partition coefficient (Wildman–Crippen LogP) is 2.49. The Bertz CT molecular complexity index is 505. The van der Waals surface area contributed by atoms with E-state index in [1.54, 1.807) is 0 Å². The molecule has 1 heterocycles. The number of fused-ring (bicyclic) bond motifs is 1. The third-order valence-corrected chi connectivity index (χ3v) is 2.82. The van der Waals surface area contributed by atoms with Gasteiger partial charge in [0.15, 0.2) is 0 Å². The Hall–Kier alpha value is -1.55. The summed E-state index contributed by atoms with van der Waals surface area (Å²) in [6, 6.07) is 8.18. The molecule has 0 unspecified atom stereocenters. The molecule has 0 amide bonds. The second-order valence-electron chi connectivity index (χ2n) is 4.93. The van der Waals surface area contributed by atoms with Crippen LogP contribution in [0.25, 0.3) is 11.0 Å². The minimum absolute atomic E-state index is 0.206. The number of aromatic nitrogens is 2. The quantitative estimate of drug-likeness (QED) is 0.771. The van der Waals surface area contributed by atoms with Crippen molar-refractivity contribution >= 4 is 17.0 Å².